The Balaban J connectivity index is 1.79. The van der Waals surface area contributed by atoms with Gasteiger partial charge in [-0.15, -0.1) is 0 Å². The second kappa shape index (κ2) is 7.75. The van der Waals surface area contributed by atoms with Crippen LogP contribution in [0.3, 0.4) is 0 Å². The van der Waals surface area contributed by atoms with Crippen molar-refractivity contribution < 1.29 is 32.3 Å². The van der Waals surface area contributed by atoms with E-state index in [4.69, 9.17) is 16.3 Å². The predicted molar refractivity (Wildman–Crippen MR) is 98.0 cm³/mol. The van der Waals surface area contributed by atoms with Crippen molar-refractivity contribution >= 4 is 35.0 Å². The largest absolute Gasteiger partial charge is 0.482 e. The van der Waals surface area contributed by atoms with E-state index in [2.05, 4.69) is 5.32 Å². The molecule has 0 aliphatic carbocycles. The number of hydrogen-bond donors (Lipinski definition) is 1. The summed E-state index contributed by atoms with van der Waals surface area (Å²) in [7, 11) is 0. The SMILES string of the molecule is CC(C(=O)Nc1cc(Cl)ccc1OCC(F)(F)F)N1C(=O)c2ccccc2C1=O. The highest BCUT2D eigenvalue weighted by Gasteiger charge is 2.40. The number of ether oxygens (including phenoxy) is 1. The first-order chi connectivity index (χ1) is 13.6. The quantitative estimate of drug-likeness (QED) is 0.736. The van der Waals surface area contributed by atoms with Gasteiger partial charge in [-0.1, -0.05) is 23.7 Å². The van der Waals surface area contributed by atoms with Crippen LogP contribution in [0.4, 0.5) is 18.9 Å². The van der Waals surface area contributed by atoms with Gasteiger partial charge in [-0.05, 0) is 37.3 Å². The Kier molecular flexibility index (Phi) is 5.52. The Morgan fingerprint density at radius 2 is 1.72 bits per heavy atom. The molecule has 1 heterocycles. The monoisotopic (exact) mass is 426 g/mol. The van der Waals surface area contributed by atoms with Crippen LogP contribution >= 0.6 is 11.6 Å². The lowest BCUT2D eigenvalue weighted by molar-refractivity contribution is -0.153. The summed E-state index contributed by atoms with van der Waals surface area (Å²) in [5.74, 6) is -2.31. The number of anilines is 1. The Bertz CT molecular complexity index is 959. The first-order valence-corrected chi connectivity index (χ1v) is 8.73. The van der Waals surface area contributed by atoms with Crippen LogP contribution in [0.1, 0.15) is 27.6 Å². The van der Waals surface area contributed by atoms with Crippen molar-refractivity contribution in [3.8, 4) is 5.75 Å². The van der Waals surface area contributed by atoms with Crippen LogP contribution in [-0.4, -0.2) is 41.4 Å². The van der Waals surface area contributed by atoms with E-state index in [-0.39, 0.29) is 27.6 Å². The third-order valence-electron chi connectivity index (χ3n) is 4.18. The first-order valence-electron chi connectivity index (χ1n) is 8.35. The van der Waals surface area contributed by atoms with Crippen LogP contribution < -0.4 is 10.1 Å². The summed E-state index contributed by atoms with van der Waals surface area (Å²) >= 11 is 5.86. The highest BCUT2D eigenvalue weighted by Crippen LogP contribution is 2.31. The number of rotatable bonds is 5. The molecule has 0 bridgehead atoms. The van der Waals surface area contributed by atoms with Gasteiger partial charge in [0.1, 0.15) is 11.8 Å². The number of amides is 3. The van der Waals surface area contributed by atoms with Gasteiger partial charge in [0.25, 0.3) is 11.8 Å². The zero-order valence-electron chi connectivity index (χ0n) is 14.9. The zero-order valence-corrected chi connectivity index (χ0v) is 15.7. The van der Waals surface area contributed by atoms with Gasteiger partial charge >= 0.3 is 6.18 Å². The number of nitrogens with one attached hydrogen (secondary N) is 1. The molecule has 10 heteroatoms. The molecule has 6 nitrogen and oxygen atoms in total. The second-order valence-corrected chi connectivity index (χ2v) is 6.67. The van der Waals surface area contributed by atoms with Gasteiger partial charge in [-0.2, -0.15) is 13.2 Å². The van der Waals surface area contributed by atoms with Gasteiger partial charge in [0.05, 0.1) is 16.8 Å². The van der Waals surface area contributed by atoms with E-state index in [9.17, 15) is 27.6 Å². The van der Waals surface area contributed by atoms with E-state index in [1.807, 2.05) is 0 Å². The minimum absolute atomic E-state index is 0.116. The second-order valence-electron chi connectivity index (χ2n) is 6.24. The highest BCUT2D eigenvalue weighted by molar-refractivity contribution is 6.31. The third-order valence-corrected chi connectivity index (χ3v) is 4.42. The van der Waals surface area contributed by atoms with E-state index in [0.717, 1.165) is 4.90 Å². The van der Waals surface area contributed by atoms with Gasteiger partial charge in [0, 0.05) is 5.02 Å². The fourth-order valence-corrected chi connectivity index (χ4v) is 2.97. The van der Waals surface area contributed by atoms with E-state index < -0.39 is 36.5 Å². The van der Waals surface area contributed by atoms with E-state index >= 15 is 0 Å². The van der Waals surface area contributed by atoms with Crippen molar-refractivity contribution in [3.63, 3.8) is 0 Å². The van der Waals surface area contributed by atoms with Gasteiger partial charge in [-0.25, -0.2) is 0 Å². The molecule has 1 aliphatic heterocycles. The number of halogens is 4. The molecule has 1 atom stereocenters. The molecule has 3 rings (SSSR count). The molecule has 0 saturated heterocycles. The molecule has 2 aromatic rings. The maximum Gasteiger partial charge on any atom is 0.422 e. The minimum Gasteiger partial charge on any atom is -0.482 e. The van der Waals surface area contributed by atoms with Gasteiger partial charge < -0.3 is 10.1 Å². The molecule has 152 valence electrons. The number of imide groups is 1. The summed E-state index contributed by atoms with van der Waals surface area (Å²) in [5, 5.41) is 2.52. The molecule has 29 heavy (non-hydrogen) atoms. The fourth-order valence-electron chi connectivity index (χ4n) is 2.80. The molecule has 0 spiro atoms. The molecule has 0 radical (unpaired) electrons. The van der Waals surface area contributed by atoms with E-state index in [1.165, 1.54) is 37.3 Å². The molecule has 0 fully saturated rings. The maximum absolute atomic E-state index is 12.6. The summed E-state index contributed by atoms with van der Waals surface area (Å²) in [6, 6.07) is 8.59. The Labute approximate surface area is 168 Å². The molecule has 1 unspecified atom stereocenters. The Hall–Kier alpha value is -3.07. The summed E-state index contributed by atoms with van der Waals surface area (Å²) < 4.78 is 42.0. The molecule has 0 aromatic heterocycles. The fraction of sp³-hybridized carbons (Fsp3) is 0.211. The van der Waals surface area contributed by atoms with Gasteiger partial charge in [0.15, 0.2) is 6.61 Å². The van der Waals surface area contributed by atoms with E-state index in [1.54, 1.807) is 12.1 Å². The average Bonchev–Trinajstić information content (AvgIpc) is 2.91. The molecule has 1 aliphatic rings. The topological polar surface area (TPSA) is 75.7 Å². The van der Waals surface area contributed by atoms with Crippen molar-refractivity contribution in [3.05, 3.63) is 58.6 Å². The molecular formula is C19H14ClF3N2O4. The number of nitrogens with zero attached hydrogens (tertiary/aromatic N) is 1. The van der Waals surface area contributed by atoms with Crippen molar-refractivity contribution in [1.82, 2.24) is 4.90 Å². The standard InChI is InChI=1S/C19H14ClF3N2O4/c1-10(25-17(27)12-4-2-3-5-13(12)18(25)28)16(26)24-14-8-11(20)6-7-15(14)29-9-19(21,22)23/h2-8,10H,9H2,1H3,(H,24,26). The third kappa shape index (κ3) is 4.34. The van der Waals surface area contributed by atoms with Crippen LogP contribution in [0, 0.1) is 0 Å². The summed E-state index contributed by atoms with van der Waals surface area (Å²) in [6.45, 7) is -0.233. The predicted octanol–water partition coefficient (Wildman–Crippen LogP) is 3.90. The number of hydrogen-bond acceptors (Lipinski definition) is 4. The lowest BCUT2D eigenvalue weighted by Crippen LogP contribution is -2.45. The normalized spacial score (nSPS) is 14.6. The Morgan fingerprint density at radius 1 is 1.14 bits per heavy atom. The number of alkyl halides is 3. The van der Waals surface area contributed by atoms with Crippen LogP contribution in [-0.2, 0) is 4.79 Å². The molecule has 3 amide bonds. The Morgan fingerprint density at radius 3 is 2.28 bits per heavy atom. The number of benzene rings is 2. The molecular weight excluding hydrogens is 413 g/mol. The number of carbonyl (C=O) groups is 3. The molecule has 2 aromatic carbocycles. The maximum atomic E-state index is 12.6. The minimum atomic E-state index is -4.58. The first kappa shape index (κ1) is 20.7. The lowest BCUT2D eigenvalue weighted by Gasteiger charge is -2.22. The highest BCUT2D eigenvalue weighted by atomic mass is 35.5. The van der Waals surface area contributed by atoms with Gasteiger partial charge in [0.2, 0.25) is 5.91 Å². The van der Waals surface area contributed by atoms with Crippen LogP contribution in [0.2, 0.25) is 5.02 Å². The average molecular weight is 427 g/mol. The van der Waals surface area contributed by atoms with Crippen molar-refractivity contribution in [2.75, 3.05) is 11.9 Å². The summed E-state index contributed by atoms with van der Waals surface area (Å²) in [5.41, 5.74) is 0.235. The van der Waals surface area contributed by atoms with Crippen LogP contribution in [0.5, 0.6) is 5.75 Å². The molecule has 1 N–H and O–H groups in total. The van der Waals surface area contributed by atoms with Crippen LogP contribution in [0.15, 0.2) is 42.5 Å². The van der Waals surface area contributed by atoms with Crippen molar-refractivity contribution in [2.45, 2.75) is 19.1 Å². The van der Waals surface area contributed by atoms with Crippen LogP contribution in [0.25, 0.3) is 0 Å². The van der Waals surface area contributed by atoms with Crippen molar-refractivity contribution in [1.29, 1.82) is 0 Å². The number of fused-ring (bicyclic) bond motifs is 1. The summed E-state index contributed by atoms with van der Waals surface area (Å²) in [4.78, 5) is 38.4. The number of carbonyl (C=O) groups excluding carboxylic acids is 3. The van der Waals surface area contributed by atoms with E-state index in [0.29, 0.717) is 0 Å². The lowest BCUT2D eigenvalue weighted by atomic mass is 10.1. The zero-order chi connectivity index (χ0) is 21.3. The molecule has 0 saturated carbocycles. The smallest absolute Gasteiger partial charge is 0.422 e. The summed E-state index contributed by atoms with van der Waals surface area (Å²) in [6.07, 6.45) is -4.58. The van der Waals surface area contributed by atoms with Crippen molar-refractivity contribution in [2.24, 2.45) is 0 Å². The van der Waals surface area contributed by atoms with Gasteiger partial charge in [-0.3, -0.25) is 19.3 Å².